The van der Waals surface area contributed by atoms with Crippen LogP contribution in [0.3, 0.4) is 0 Å². The molecule has 3 nitrogen and oxygen atoms in total. The van der Waals surface area contributed by atoms with Crippen LogP contribution in [0.25, 0.3) is 0 Å². The van der Waals surface area contributed by atoms with E-state index in [2.05, 4.69) is 4.98 Å². The van der Waals surface area contributed by atoms with Crippen molar-refractivity contribution in [3.63, 3.8) is 0 Å². The van der Waals surface area contributed by atoms with Gasteiger partial charge < -0.3 is 5.21 Å². The first-order chi connectivity index (χ1) is 5.33. The molecule has 0 N–H and O–H groups in total. The van der Waals surface area contributed by atoms with E-state index in [1.807, 2.05) is 12.1 Å². The van der Waals surface area contributed by atoms with Crippen LogP contribution in [0.5, 0.6) is 0 Å². The van der Waals surface area contributed by atoms with Gasteiger partial charge in [0.15, 0.2) is 6.54 Å². The highest BCUT2D eigenvalue weighted by Gasteiger charge is 1.94. The Hall–Kier alpha value is -1.38. The molecule has 58 valence electrons. The van der Waals surface area contributed by atoms with Crippen molar-refractivity contribution in [1.82, 2.24) is 4.98 Å². The van der Waals surface area contributed by atoms with E-state index in [0.717, 1.165) is 10.3 Å². The molecule has 1 rings (SSSR count). The fraction of sp³-hybridized carbons (Fsp3) is 0.250. The molecule has 0 spiro atoms. The Balaban J connectivity index is 2.65. The summed E-state index contributed by atoms with van der Waals surface area (Å²) in [6.07, 6.45) is 4.87. The van der Waals surface area contributed by atoms with Crippen LogP contribution in [-0.4, -0.2) is 15.9 Å². The molecule has 0 aromatic carbocycles. The summed E-state index contributed by atoms with van der Waals surface area (Å²) in [5, 5.41) is 10.8. The minimum Gasteiger partial charge on any atom is -0.624 e. The molecule has 0 saturated carbocycles. The first kappa shape index (κ1) is 7.72. The van der Waals surface area contributed by atoms with Gasteiger partial charge in [-0.25, -0.2) is 4.74 Å². The van der Waals surface area contributed by atoms with Crippen LogP contribution < -0.4 is 0 Å². The Morgan fingerprint density at radius 2 is 2.55 bits per heavy atom. The van der Waals surface area contributed by atoms with E-state index in [-0.39, 0.29) is 0 Å². The van der Waals surface area contributed by atoms with E-state index < -0.39 is 0 Å². The first-order valence-electron chi connectivity index (χ1n) is 3.45. The molecule has 0 aliphatic heterocycles. The Labute approximate surface area is 65.6 Å². The van der Waals surface area contributed by atoms with E-state index >= 15 is 0 Å². The second-order valence-electron chi connectivity index (χ2n) is 2.19. The molecule has 0 radical (unpaired) electrons. The van der Waals surface area contributed by atoms with Crippen LogP contribution in [-0.2, 0) is 6.54 Å². The van der Waals surface area contributed by atoms with Crippen LogP contribution in [0.1, 0.15) is 12.5 Å². The molecule has 0 amide bonds. The summed E-state index contributed by atoms with van der Waals surface area (Å²) in [6, 6.07) is 3.69. The molecule has 0 aliphatic rings. The van der Waals surface area contributed by atoms with Crippen molar-refractivity contribution in [2.75, 3.05) is 0 Å². The van der Waals surface area contributed by atoms with E-state index in [4.69, 9.17) is 0 Å². The van der Waals surface area contributed by atoms with Crippen LogP contribution in [0.4, 0.5) is 0 Å². The van der Waals surface area contributed by atoms with Crippen molar-refractivity contribution < 1.29 is 4.74 Å². The van der Waals surface area contributed by atoms with Crippen molar-refractivity contribution in [3.8, 4) is 0 Å². The third kappa shape index (κ3) is 2.37. The van der Waals surface area contributed by atoms with Crippen LogP contribution >= 0.6 is 0 Å². The first-order valence-corrected chi connectivity index (χ1v) is 3.45. The van der Waals surface area contributed by atoms with E-state index in [1.165, 1.54) is 6.21 Å². The van der Waals surface area contributed by atoms with Crippen LogP contribution in [0, 0.1) is 5.21 Å². The standard InChI is InChI=1S/C8H10N2O/c1-2-10(11)7-8-4-3-5-9-6-8/h2-6H,7H2,1H3/b10-2-. The Kier molecular flexibility index (Phi) is 2.60. The number of pyridine rings is 1. The minimum absolute atomic E-state index is 0.379. The predicted molar refractivity (Wildman–Crippen MR) is 43.3 cm³/mol. The largest absolute Gasteiger partial charge is 0.624 e. The third-order valence-electron chi connectivity index (χ3n) is 1.35. The topological polar surface area (TPSA) is 39.0 Å². The van der Waals surface area contributed by atoms with E-state index in [0.29, 0.717) is 6.54 Å². The summed E-state index contributed by atoms with van der Waals surface area (Å²) < 4.78 is 0.872. The second kappa shape index (κ2) is 3.71. The van der Waals surface area contributed by atoms with Gasteiger partial charge in [-0.3, -0.25) is 4.98 Å². The van der Waals surface area contributed by atoms with Gasteiger partial charge in [-0.15, -0.1) is 0 Å². The zero-order valence-electron chi connectivity index (χ0n) is 6.40. The van der Waals surface area contributed by atoms with Crippen LogP contribution in [0.2, 0.25) is 0 Å². The number of hydrogen-bond acceptors (Lipinski definition) is 2. The summed E-state index contributed by atoms with van der Waals surface area (Å²) in [5.41, 5.74) is 0.931. The van der Waals surface area contributed by atoms with Gasteiger partial charge >= 0.3 is 0 Å². The van der Waals surface area contributed by atoms with Gasteiger partial charge in [-0.05, 0) is 12.1 Å². The van der Waals surface area contributed by atoms with Gasteiger partial charge in [0.25, 0.3) is 0 Å². The molecule has 0 fully saturated rings. The SMILES string of the molecule is C/C=[N+](\[O-])Cc1cccnc1. The van der Waals surface area contributed by atoms with Gasteiger partial charge in [0.1, 0.15) is 6.21 Å². The normalized spacial score (nSPS) is 11.5. The summed E-state index contributed by atoms with van der Waals surface area (Å²) >= 11 is 0. The smallest absolute Gasteiger partial charge is 0.179 e. The second-order valence-corrected chi connectivity index (χ2v) is 2.19. The fourth-order valence-corrected chi connectivity index (χ4v) is 0.763. The lowest BCUT2D eigenvalue weighted by Crippen LogP contribution is -2.02. The highest BCUT2D eigenvalue weighted by Crippen LogP contribution is 1.96. The molecule has 1 heterocycles. The average Bonchev–Trinajstić information content (AvgIpc) is 2.06. The fourth-order valence-electron chi connectivity index (χ4n) is 0.763. The number of hydroxylamine groups is 1. The van der Waals surface area contributed by atoms with Crippen molar-refractivity contribution in [2.24, 2.45) is 0 Å². The molecule has 0 atom stereocenters. The monoisotopic (exact) mass is 150 g/mol. The number of hydrogen-bond donors (Lipinski definition) is 0. The summed E-state index contributed by atoms with van der Waals surface area (Å²) in [5.74, 6) is 0. The van der Waals surface area contributed by atoms with E-state index in [1.54, 1.807) is 19.3 Å². The molecule has 0 aliphatic carbocycles. The lowest BCUT2D eigenvalue weighted by atomic mass is 10.3. The molecule has 1 aromatic rings. The Bertz CT molecular complexity index is 244. The zero-order chi connectivity index (χ0) is 8.10. The van der Waals surface area contributed by atoms with Gasteiger partial charge in [0.2, 0.25) is 0 Å². The third-order valence-corrected chi connectivity index (χ3v) is 1.35. The maximum absolute atomic E-state index is 10.8. The Morgan fingerprint density at radius 1 is 1.73 bits per heavy atom. The molecule has 1 aromatic heterocycles. The highest BCUT2D eigenvalue weighted by atomic mass is 16.5. The van der Waals surface area contributed by atoms with E-state index in [9.17, 15) is 5.21 Å². The highest BCUT2D eigenvalue weighted by molar-refractivity contribution is 5.46. The quantitative estimate of drug-likeness (QED) is 0.275. The van der Waals surface area contributed by atoms with Gasteiger partial charge in [-0.1, -0.05) is 0 Å². The van der Waals surface area contributed by atoms with Gasteiger partial charge in [0.05, 0.1) is 0 Å². The van der Waals surface area contributed by atoms with Gasteiger partial charge in [0, 0.05) is 24.9 Å². The summed E-state index contributed by atoms with van der Waals surface area (Å²) in [7, 11) is 0. The predicted octanol–water partition coefficient (Wildman–Crippen LogP) is 1.18. The lowest BCUT2D eigenvalue weighted by molar-refractivity contribution is -0.470. The van der Waals surface area contributed by atoms with Crippen molar-refractivity contribution in [3.05, 3.63) is 35.3 Å². The molecule has 11 heavy (non-hydrogen) atoms. The maximum Gasteiger partial charge on any atom is 0.179 e. The molecule has 0 saturated heterocycles. The van der Waals surface area contributed by atoms with Crippen molar-refractivity contribution in [1.29, 1.82) is 0 Å². The lowest BCUT2D eigenvalue weighted by Gasteiger charge is -2.01. The summed E-state index contributed by atoms with van der Waals surface area (Å²) in [4.78, 5) is 3.89. The number of aromatic nitrogens is 1. The maximum atomic E-state index is 10.8. The van der Waals surface area contributed by atoms with Crippen LogP contribution in [0.15, 0.2) is 24.5 Å². The molecular weight excluding hydrogens is 140 g/mol. The van der Waals surface area contributed by atoms with Gasteiger partial charge in [-0.2, -0.15) is 0 Å². The Morgan fingerprint density at radius 3 is 3.09 bits per heavy atom. The molecule has 0 bridgehead atoms. The number of nitrogens with zero attached hydrogens (tertiary/aromatic N) is 2. The van der Waals surface area contributed by atoms with Crippen molar-refractivity contribution in [2.45, 2.75) is 13.5 Å². The number of rotatable bonds is 2. The molecular formula is C8H10N2O. The average molecular weight is 150 g/mol. The van der Waals surface area contributed by atoms with Crippen molar-refractivity contribution >= 4 is 6.21 Å². The minimum atomic E-state index is 0.379. The molecule has 3 heteroatoms. The zero-order valence-corrected chi connectivity index (χ0v) is 6.40. The summed E-state index contributed by atoms with van der Waals surface area (Å²) in [6.45, 7) is 2.09. The molecule has 0 unspecified atom stereocenters.